The molecule has 2 aliphatic rings. The van der Waals surface area contributed by atoms with Crippen LogP contribution in [0.15, 0.2) is 42.6 Å². The van der Waals surface area contributed by atoms with E-state index in [4.69, 9.17) is 33.7 Å². The molecule has 2 fully saturated rings. The zero-order valence-electron chi connectivity index (χ0n) is 22.7. The Balaban J connectivity index is 1.52. The lowest BCUT2D eigenvalue weighted by Gasteiger charge is -2.32. The average molecular weight is 591 g/mol. The monoisotopic (exact) mass is 589 g/mol. The fourth-order valence-electron chi connectivity index (χ4n) is 5.66. The summed E-state index contributed by atoms with van der Waals surface area (Å²) in [6.07, 6.45) is 4.62. The summed E-state index contributed by atoms with van der Waals surface area (Å²) in [6.45, 7) is 3.14. The molecule has 0 aliphatic carbocycles. The quantitative estimate of drug-likeness (QED) is 0.386. The van der Waals surface area contributed by atoms with Crippen LogP contribution in [0, 0.1) is 0 Å². The summed E-state index contributed by atoms with van der Waals surface area (Å²) < 4.78 is 5.10. The first kappa shape index (κ1) is 30.2. The van der Waals surface area contributed by atoms with Crippen molar-refractivity contribution in [2.75, 3.05) is 19.7 Å². The third-order valence-corrected chi connectivity index (χ3v) is 8.35. The van der Waals surface area contributed by atoms with E-state index in [-0.39, 0.29) is 49.9 Å². The fourth-order valence-corrected chi connectivity index (χ4v) is 5.93. The lowest BCUT2D eigenvalue weighted by atomic mass is 10.0. The molecule has 9 nitrogen and oxygen atoms in total. The Labute approximate surface area is 245 Å². The number of fused-ring (bicyclic) bond motifs is 1. The molecule has 216 valence electrons. The van der Waals surface area contributed by atoms with Gasteiger partial charge in [0, 0.05) is 37.8 Å². The van der Waals surface area contributed by atoms with E-state index in [1.54, 1.807) is 17.9 Å². The lowest BCUT2D eigenvalue weighted by molar-refractivity contribution is -0.147. The van der Waals surface area contributed by atoms with Crippen molar-refractivity contribution in [2.45, 2.75) is 76.2 Å². The number of nitrogens with one attached hydrogen (secondary N) is 1. The van der Waals surface area contributed by atoms with Crippen LogP contribution in [0.1, 0.15) is 50.3 Å². The normalized spacial score (nSPS) is 21.9. The number of halogens is 2. The van der Waals surface area contributed by atoms with E-state index in [2.05, 4.69) is 27.3 Å². The van der Waals surface area contributed by atoms with Crippen molar-refractivity contribution in [3.63, 3.8) is 0 Å². The Morgan fingerprint density at radius 2 is 2.00 bits per heavy atom. The molecule has 0 radical (unpaired) electrons. The first-order valence-corrected chi connectivity index (χ1v) is 14.6. The Morgan fingerprint density at radius 1 is 1.23 bits per heavy atom. The fraction of sp³-hybridized carbons (Fsp3) is 0.517. The van der Waals surface area contributed by atoms with Gasteiger partial charge >= 0.3 is 5.97 Å². The molecule has 2 aromatic rings. The Hall–Kier alpha value is -2.72. The van der Waals surface area contributed by atoms with Crippen molar-refractivity contribution in [3.05, 3.63) is 63.9 Å². The van der Waals surface area contributed by atoms with Crippen LogP contribution in [0.5, 0.6) is 0 Å². The Bertz CT molecular complexity index is 1180. The highest BCUT2D eigenvalue weighted by atomic mass is 35.5. The maximum Gasteiger partial charge on any atom is 0.305 e. The van der Waals surface area contributed by atoms with Crippen molar-refractivity contribution >= 4 is 41.0 Å². The maximum absolute atomic E-state index is 14.0. The van der Waals surface area contributed by atoms with Gasteiger partial charge in [0.1, 0.15) is 6.04 Å². The molecule has 4 atom stereocenters. The van der Waals surface area contributed by atoms with Crippen molar-refractivity contribution < 1.29 is 19.1 Å². The van der Waals surface area contributed by atoms with Crippen LogP contribution in [-0.4, -0.2) is 76.4 Å². The number of aromatic nitrogens is 1. The predicted octanol–water partition coefficient (Wildman–Crippen LogP) is 3.35. The van der Waals surface area contributed by atoms with E-state index in [0.29, 0.717) is 41.7 Å². The molecule has 0 spiro atoms. The topological polar surface area (TPSA) is 118 Å². The second-order valence-corrected chi connectivity index (χ2v) is 11.2. The van der Waals surface area contributed by atoms with Crippen LogP contribution in [-0.2, 0) is 32.1 Å². The number of amides is 2. The molecule has 1 aromatic carbocycles. The van der Waals surface area contributed by atoms with Gasteiger partial charge < -0.3 is 20.7 Å². The van der Waals surface area contributed by atoms with Crippen LogP contribution >= 0.6 is 23.2 Å². The number of esters is 1. The minimum atomic E-state index is -0.841. The number of carbonyl (C=O) groups is 3. The van der Waals surface area contributed by atoms with Gasteiger partial charge in [-0.05, 0) is 50.7 Å². The van der Waals surface area contributed by atoms with E-state index in [0.717, 1.165) is 12.8 Å². The molecule has 11 heteroatoms. The standard InChI is InChI=1S/C29H37Cl2N5O4/c1-2-40-27(37)11-10-25(28(38)34-16-21-15-23(30)24(31)17-33-21)35-13-12-22(9-8-19-6-4-3-5-7-19)36-18-20(32)14-26(36)29(35)39/h3-7,15,17,20,22,25-26H,2,8-14,16,18,32H2,1H3,(H,34,38)/t20-,22?,25-,26+/m1/s1. The molecule has 3 N–H and O–H groups in total. The summed E-state index contributed by atoms with van der Waals surface area (Å²) in [7, 11) is 0. The van der Waals surface area contributed by atoms with Crippen LogP contribution < -0.4 is 11.1 Å². The molecule has 1 aromatic heterocycles. The molecule has 2 amide bonds. The lowest BCUT2D eigenvalue weighted by Crippen LogP contribution is -2.53. The number of nitrogens with two attached hydrogens (primary N) is 1. The molecule has 0 saturated carbocycles. The van der Waals surface area contributed by atoms with E-state index < -0.39 is 18.1 Å². The smallest absolute Gasteiger partial charge is 0.305 e. The molecular formula is C29H37Cl2N5O4. The molecule has 2 aliphatic heterocycles. The van der Waals surface area contributed by atoms with Gasteiger partial charge in [-0.3, -0.25) is 24.3 Å². The number of aryl methyl sites for hydroxylation is 1. The van der Waals surface area contributed by atoms with Crippen LogP contribution in [0.2, 0.25) is 10.0 Å². The first-order chi connectivity index (χ1) is 19.3. The van der Waals surface area contributed by atoms with Gasteiger partial charge in [0.2, 0.25) is 11.8 Å². The predicted molar refractivity (Wildman–Crippen MR) is 154 cm³/mol. The van der Waals surface area contributed by atoms with Crippen molar-refractivity contribution in [1.82, 2.24) is 20.1 Å². The highest BCUT2D eigenvalue weighted by Gasteiger charge is 2.45. The zero-order valence-corrected chi connectivity index (χ0v) is 24.2. The van der Waals surface area contributed by atoms with Crippen LogP contribution in [0.25, 0.3) is 0 Å². The largest absolute Gasteiger partial charge is 0.466 e. The molecule has 3 heterocycles. The number of nitrogens with zero attached hydrogens (tertiary/aromatic N) is 3. The molecule has 4 rings (SSSR count). The number of hydrogen-bond donors (Lipinski definition) is 2. The van der Waals surface area contributed by atoms with Gasteiger partial charge in [-0.1, -0.05) is 53.5 Å². The zero-order chi connectivity index (χ0) is 28.6. The number of carbonyl (C=O) groups excluding carboxylic acids is 3. The van der Waals surface area contributed by atoms with Crippen LogP contribution in [0.4, 0.5) is 0 Å². The number of rotatable bonds is 11. The van der Waals surface area contributed by atoms with E-state index >= 15 is 0 Å². The second-order valence-electron chi connectivity index (χ2n) is 10.4. The summed E-state index contributed by atoms with van der Waals surface area (Å²) in [5.74, 6) is -0.882. The second kappa shape index (κ2) is 14.3. The number of ether oxygens (including phenoxy) is 1. The first-order valence-electron chi connectivity index (χ1n) is 13.9. The third-order valence-electron chi connectivity index (χ3n) is 7.64. The molecule has 0 bridgehead atoms. The number of benzene rings is 1. The van der Waals surface area contributed by atoms with Crippen molar-refractivity contribution in [1.29, 1.82) is 0 Å². The van der Waals surface area contributed by atoms with Gasteiger partial charge in [0.25, 0.3) is 0 Å². The van der Waals surface area contributed by atoms with Crippen molar-refractivity contribution in [2.24, 2.45) is 5.73 Å². The van der Waals surface area contributed by atoms with E-state index in [9.17, 15) is 14.4 Å². The number of hydrogen-bond acceptors (Lipinski definition) is 7. The average Bonchev–Trinajstić information content (AvgIpc) is 3.29. The molecular weight excluding hydrogens is 553 g/mol. The SMILES string of the molecule is CCOC(=O)CC[C@H](C(=O)NCc1cc(Cl)c(Cl)cn1)N1CCC(CCc2ccccc2)N2C[C@H](N)C[C@H]2C1=O. The summed E-state index contributed by atoms with van der Waals surface area (Å²) >= 11 is 12.1. The number of pyridine rings is 1. The molecule has 2 saturated heterocycles. The summed E-state index contributed by atoms with van der Waals surface area (Å²) in [6, 6.07) is 10.7. The highest BCUT2D eigenvalue weighted by Crippen LogP contribution is 2.30. The summed E-state index contributed by atoms with van der Waals surface area (Å²) in [5.41, 5.74) is 8.12. The van der Waals surface area contributed by atoms with Crippen LogP contribution in [0.3, 0.4) is 0 Å². The van der Waals surface area contributed by atoms with Gasteiger partial charge in [0.15, 0.2) is 0 Å². The highest BCUT2D eigenvalue weighted by molar-refractivity contribution is 6.41. The summed E-state index contributed by atoms with van der Waals surface area (Å²) in [5, 5.41) is 3.53. The van der Waals surface area contributed by atoms with Gasteiger partial charge in [0.05, 0.1) is 34.9 Å². The third kappa shape index (κ3) is 7.72. The minimum absolute atomic E-state index is 0.0199. The van der Waals surface area contributed by atoms with Gasteiger partial charge in [-0.15, -0.1) is 0 Å². The summed E-state index contributed by atoms with van der Waals surface area (Å²) in [4.78, 5) is 47.8. The minimum Gasteiger partial charge on any atom is -0.466 e. The van der Waals surface area contributed by atoms with Gasteiger partial charge in [-0.2, -0.15) is 0 Å². The molecule has 40 heavy (non-hydrogen) atoms. The van der Waals surface area contributed by atoms with E-state index in [1.165, 1.54) is 11.8 Å². The van der Waals surface area contributed by atoms with E-state index in [1.807, 2.05) is 18.2 Å². The van der Waals surface area contributed by atoms with Crippen molar-refractivity contribution in [3.8, 4) is 0 Å². The van der Waals surface area contributed by atoms with Gasteiger partial charge in [-0.25, -0.2) is 0 Å². The maximum atomic E-state index is 14.0. The Morgan fingerprint density at radius 3 is 2.73 bits per heavy atom. The molecule has 1 unspecified atom stereocenters. The Kier molecular flexibility index (Phi) is 10.8.